The van der Waals surface area contributed by atoms with E-state index in [1.165, 1.54) is 12.8 Å². The van der Waals surface area contributed by atoms with Crippen molar-refractivity contribution in [2.24, 2.45) is 23.2 Å². The van der Waals surface area contributed by atoms with E-state index in [1.54, 1.807) is 11.3 Å². The number of hydrogen-bond donors (Lipinski definition) is 1. The molecule has 222 valence electrons. The van der Waals surface area contributed by atoms with Crippen LogP contribution in [0.2, 0.25) is 0 Å². The standard InChI is InChI=1S/C28H46ClN3O2S.CH4.2H2O/c1-8-34-25(33)15-27(4,5)24-17-35-26(31-24)30-23(19(2)3)16-32-14-13-22(28(6,7)18-32)20-9-11-21(29)12-10-20;;;/h11,17,19-20,22-23H,8-10,12-16,18H2,1-7H3,(H,30,31);1H4;2*1H2/t20?,22?,23-;;;/m0.../s1. The fourth-order valence-electron chi connectivity index (χ4n) is 5.88. The largest absolute Gasteiger partial charge is 0.466 e. The van der Waals surface area contributed by atoms with E-state index in [2.05, 4.69) is 63.2 Å². The van der Waals surface area contributed by atoms with Crippen molar-refractivity contribution in [1.82, 2.24) is 9.88 Å². The number of thiazole rings is 1. The zero-order chi connectivity index (χ0) is 25.8. The zero-order valence-corrected chi connectivity index (χ0v) is 25.4. The molecule has 0 radical (unpaired) electrons. The Bertz CT molecular complexity index is 887. The number of nitrogens with zero attached hydrogens (tertiary/aromatic N) is 2. The van der Waals surface area contributed by atoms with Gasteiger partial charge in [0, 0.05) is 35.0 Å². The topological polar surface area (TPSA) is 117 Å². The van der Waals surface area contributed by atoms with Gasteiger partial charge in [0.05, 0.1) is 18.7 Å². The van der Waals surface area contributed by atoms with Crippen LogP contribution in [0.4, 0.5) is 5.13 Å². The molecule has 1 aromatic heterocycles. The summed E-state index contributed by atoms with van der Waals surface area (Å²) in [6.45, 7) is 19.2. The number of esters is 1. The van der Waals surface area contributed by atoms with Gasteiger partial charge >= 0.3 is 5.97 Å². The quantitative estimate of drug-likeness (QED) is 0.340. The van der Waals surface area contributed by atoms with E-state index in [9.17, 15) is 4.79 Å². The molecule has 3 atom stereocenters. The Hall–Kier alpha value is -1.19. The minimum absolute atomic E-state index is 0. The molecule has 2 unspecified atom stereocenters. The van der Waals surface area contributed by atoms with Gasteiger partial charge in [-0.1, -0.05) is 66.6 Å². The second-order valence-corrected chi connectivity index (χ2v) is 13.5. The van der Waals surface area contributed by atoms with Crippen molar-refractivity contribution in [3.05, 3.63) is 22.2 Å². The van der Waals surface area contributed by atoms with Crippen molar-refractivity contribution in [1.29, 1.82) is 0 Å². The summed E-state index contributed by atoms with van der Waals surface area (Å²) in [7, 11) is 0. The molecule has 1 fully saturated rings. The lowest BCUT2D eigenvalue weighted by Gasteiger charge is -2.49. The second kappa shape index (κ2) is 15.6. The zero-order valence-electron chi connectivity index (χ0n) is 23.8. The first-order valence-corrected chi connectivity index (χ1v) is 14.6. The molecule has 9 heteroatoms. The average molecular weight is 576 g/mol. The third-order valence-corrected chi connectivity index (χ3v) is 9.13. The number of aromatic nitrogens is 1. The van der Waals surface area contributed by atoms with Gasteiger partial charge in [0.1, 0.15) is 0 Å². The first-order chi connectivity index (χ1) is 16.4. The highest BCUT2D eigenvalue weighted by atomic mass is 35.5. The van der Waals surface area contributed by atoms with Crippen molar-refractivity contribution in [2.75, 3.05) is 31.6 Å². The number of allylic oxidation sites excluding steroid dienone is 2. The van der Waals surface area contributed by atoms with Crippen LogP contribution in [0.1, 0.15) is 93.7 Å². The normalized spacial score (nSPS) is 22.3. The maximum absolute atomic E-state index is 12.0. The van der Waals surface area contributed by atoms with Gasteiger partial charge in [-0.2, -0.15) is 0 Å². The molecule has 7 nitrogen and oxygen atoms in total. The summed E-state index contributed by atoms with van der Waals surface area (Å²) in [6, 6.07) is 0.325. The van der Waals surface area contributed by atoms with Gasteiger partial charge in [-0.15, -0.1) is 11.3 Å². The number of piperidine rings is 1. The number of likely N-dealkylation sites (tertiary alicyclic amines) is 1. The number of rotatable bonds is 10. The van der Waals surface area contributed by atoms with E-state index in [0.717, 1.165) is 60.2 Å². The third kappa shape index (κ3) is 9.77. The van der Waals surface area contributed by atoms with Gasteiger partial charge < -0.3 is 25.9 Å². The predicted molar refractivity (Wildman–Crippen MR) is 162 cm³/mol. The smallest absolute Gasteiger partial charge is 0.306 e. The Morgan fingerprint density at radius 3 is 2.55 bits per heavy atom. The van der Waals surface area contributed by atoms with E-state index < -0.39 is 0 Å². The maximum Gasteiger partial charge on any atom is 0.306 e. The fourth-order valence-corrected chi connectivity index (χ4v) is 7.04. The van der Waals surface area contributed by atoms with Crippen LogP contribution in [-0.2, 0) is 14.9 Å². The summed E-state index contributed by atoms with van der Waals surface area (Å²) < 4.78 is 5.16. The fraction of sp³-hybridized carbons (Fsp3) is 0.793. The van der Waals surface area contributed by atoms with Crippen LogP contribution in [0, 0.1) is 23.2 Å². The number of nitrogens with one attached hydrogen (secondary N) is 1. The van der Waals surface area contributed by atoms with E-state index in [-0.39, 0.29) is 29.8 Å². The molecule has 1 aliphatic carbocycles. The Labute approximate surface area is 240 Å². The van der Waals surface area contributed by atoms with Crippen LogP contribution in [-0.4, -0.2) is 59.1 Å². The van der Waals surface area contributed by atoms with Crippen LogP contribution < -0.4 is 5.32 Å². The Morgan fingerprint density at radius 2 is 2.00 bits per heavy atom. The highest BCUT2D eigenvalue weighted by molar-refractivity contribution is 7.13. The summed E-state index contributed by atoms with van der Waals surface area (Å²) in [5, 5.41) is 7.81. The molecule has 38 heavy (non-hydrogen) atoms. The number of carbonyl (C=O) groups is 1. The summed E-state index contributed by atoms with van der Waals surface area (Å²) >= 11 is 7.89. The number of halogens is 1. The molecule has 2 aliphatic rings. The van der Waals surface area contributed by atoms with Crippen LogP contribution in [0.5, 0.6) is 0 Å². The van der Waals surface area contributed by atoms with Crippen LogP contribution in [0.15, 0.2) is 16.5 Å². The van der Waals surface area contributed by atoms with Crippen LogP contribution in [0.25, 0.3) is 0 Å². The number of anilines is 1. The SMILES string of the molecule is C.CCOC(=O)CC(C)(C)c1csc(N[C@@H](CN2CCC(C3CC=C(Cl)CC3)C(C)(C)C2)C(C)C)n1.O.O. The Balaban J connectivity index is 0.00000456. The average Bonchev–Trinajstić information content (AvgIpc) is 3.23. The first-order valence-electron chi connectivity index (χ1n) is 13.4. The molecule has 1 aromatic rings. The van der Waals surface area contributed by atoms with Gasteiger partial charge in [-0.25, -0.2) is 4.98 Å². The van der Waals surface area contributed by atoms with Crippen molar-refractivity contribution < 1.29 is 20.5 Å². The van der Waals surface area contributed by atoms with Gasteiger partial charge in [0.2, 0.25) is 0 Å². The maximum atomic E-state index is 12.0. The van der Waals surface area contributed by atoms with Gasteiger partial charge in [0.25, 0.3) is 0 Å². The van der Waals surface area contributed by atoms with E-state index in [4.69, 9.17) is 21.3 Å². The minimum Gasteiger partial charge on any atom is -0.466 e. The Kier molecular flexibility index (Phi) is 15.1. The van der Waals surface area contributed by atoms with E-state index in [1.807, 2.05) is 6.92 Å². The third-order valence-electron chi connectivity index (χ3n) is 8.01. The molecule has 2 heterocycles. The van der Waals surface area contributed by atoms with Gasteiger partial charge in [-0.3, -0.25) is 4.79 Å². The first kappa shape index (κ1) is 36.8. The molecule has 0 bridgehead atoms. The van der Waals surface area contributed by atoms with Crippen molar-refractivity contribution in [3.8, 4) is 0 Å². The molecule has 1 saturated heterocycles. The molecular formula is C29H54ClN3O4S. The monoisotopic (exact) mass is 575 g/mol. The number of ether oxygens (including phenoxy) is 1. The van der Waals surface area contributed by atoms with E-state index >= 15 is 0 Å². The molecule has 0 saturated carbocycles. The molecule has 1 aliphatic heterocycles. The molecular weight excluding hydrogens is 522 g/mol. The Morgan fingerprint density at radius 1 is 1.32 bits per heavy atom. The summed E-state index contributed by atoms with van der Waals surface area (Å²) in [4.78, 5) is 19.6. The van der Waals surface area contributed by atoms with Crippen LogP contribution in [0.3, 0.4) is 0 Å². The van der Waals surface area contributed by atoms with Crippen molar-refractivity contribution in [2.45, 2.75) is 99.5 Å². The molecule has 0 spiro atoms. The molecule has 3 rings (SSSR count). The van der Waals surface area contributed by atoms with E-state index in [0.29, 0.717) is 30.4 Å². The van der Waals surface area contributed by atoms with Gasteiger partial charge in [-0.05, 0) is 62.3 Å². The van der Waals surface area contributed by atoms with Crippen molar-refractivity contribution >= 4 is 34.0 Å². The lowest BCUT2D eigenvalue weighted by atomic mass is 9.65. The van der Waals surface area contributed by atoms with Gasteiger partial charge in [0.15, 0.2) is 5.13 Å². The molecule has 0 amide bonds. The summed E-state index contributed by atoms with van der Waals surface area (Å²) in [5.41, 5.74) is 0.901. The molecule has 5 N–H and O–H groups in total. The minimum atomic E-state index is -0.347. The number of carbonyl (C=O) groups excluding carboxylic acids is 1. The predicted octanol–water partition coefficient (Wildman–Crippen LogP) is 6.07. The second-order valence-electron chi connectivity index (χ2n) is 12.2. The lowest BCUT2D eigenvalue weighted by Crippen LogP contribution is -2.51. The molecule has 0 aromatic carbocycles. The van der Waals surface area contributed by atoms with Crippen LogP contribution >= 0.6 is 22.9 Å². The summed E-state index contributed by atoms with van der Waals surface area (Å²) in [5.74, 6) is 1.84. The highest BCUT2D eigenvalue weighted by Gasteiger charge is 2.41. The highest BCUT2D eigenvalue weighted by Crippen LogP contribution is 2.45. The summed E-state index contributed by atoms with van der Waals surface area (Å²) in [6.07, 6.45) is 7.28. The van der Waals surface area contributed by atoms with Crippen molar-refractivity contribution in [3.63, 3.8) is 0 Å². The lowest BCUT2D eigenvalue weighted by molar-refractivity contribution is -0.144. The number of hydrogen-bond acceptors (Lipinski definition) is 6.